The molecule has 2 aromatic carbocycles. The van der Waals surface area contributed by atoms with Crippen LogP contribution >= 0.6 is 0 Å². The fraction of sp³-hybridized carbons (Fsp3) is 0.250. The van der Waals surface area contributed by atoms with Crippen molar-refractivity contribution in [2.24, 2.45) is 0 Å². The first-order chi connectivity index (χ1) is 12.9. The van der Waals surface area contributed by atoms with E-state index < -0.39 is 18.5 Å². The Balaban J connectivity index is 1.97. The zero-order chi connectivity index (χ0) is 19.8. The molecule has 0 unspecified atom stereocenters. The Bertz CT molecular complexity index is 848. The number of benzene rings is 2. The van der Waals surface area contributed by atoms with Crippen LogP contribution in [0.1, 0.15) is 33.2 Å². The molecule has 27 heavy (non-hydrogen) atoms. The SMILES string of the molecule is CCNC(=O)c1cccc(NC(=O)COC(=O)c2cc(C)ccc2OC)c1. The lowest BCUT2D eigenvalue weighted by atomic mass is 10.1. The second kappa shape index (κ2) is 9.38. The molecule has 2 aromatic rings. The molecule has 2 amide bonds. The summed E-state index contributed by atoms with van der Waals surface area (Å²) >= 11 is 0. The summed E-state index contributed by atoms with van der Waals surface area (Å²) in [6.07, 6.45) is 0. The van der Waals surface area contributed by atoms with Gasteiger partial charge in [0, 0.05) is 17.8 Å². The van der Waals surface area contributed by atoms with E-state index in [1.165, 1.54) is 7.11 Å². The number of hydrogen-bond donors (Lipinski definition) is 2. The lowest BCUT2D eigenvalue weighted by Crippen LogP contribution is -2.23. The van der Waals surface area contributed by atoms with Crippen LogP contribution in [0.3, 0.4) is 0 Å². The molecule has 0 aliphatic carbocycles. The summed E-state index contributed by atoms with van der Waals surface area (Å²) in [7, 11) is 1.45. The molecule has 0 bridgehead atoms. The van der Waals surface area contributed by atoms with Crippen molar-refractivity contribution in [3.63, 3.8) is 0 Å². The molecule has 0 radical (unpaired) electrons. The summed E-state index contributed by atoms with van der Waals surface area (Å²) in [5.41, 5.74) is 1.99. The first-order valence-corrected chi connectivity index (χ1v) is 8.44. The summed E-state index contributed by atoms with van der Waals surface area (Å²) in [6.45, 7) is 3.71. The highest BCUT2D eigenvalue weighted by atomic mass is 16.5. The Morgan fingerprint density at radius 3 is 2.56 bits per heavy atom. The van der Waals surface area contributed by atoms with Crippen LogP contribution in [0, 0.1) is 6.92 Å². The smallest absolute Gasteiger partial charge is 0.342 e. The third-order valence-corrected chi connectivity index (χ3v) is 3.66. The van der Waals surface area contributed by atoms with Crippen molar-refractivity contribution in [2.75, 3.05) is 25.6 Å². The molecule has 0 aliphatic heterocycles. The molecule has 2 N–H and O–H groups in total. The Morgan fingerprint density at radius 2 is 1.85 bits per heavy atom. The fourth-order valence-corrected chi connectivity index (χ4v) is 2.39. The average molecular weight is 370 g/mol. The average Bonchev–Trinajstić information content (AvgIpc) is 2.66. The number of carbonyl (C=O) groups excluding carboxylic acids is 3. The topological polar surface area (TPSA) is 93.7 Å². The van der Waals surface area contributed by atoms with Crippen LogP contribution in [0.4, 0.5) is 5.69 Å². The number of aryl methyl sites for hydroxylation is 1. The van der Waals surface area contributed by atoms with Crippen LogP contribution in [0.15, 0.2) is 42.5 Å². The molecule has 0 fully saturated rings. The number of ether oxygens (including phenoxy) is 2. The highest BCUT2D eigenvalue weighted by Gasteiger charge is 2.16. The Labute approximate surface area is 157 Å². The van der Waals surface area contributed by atoms with Crippen LogP contribution in [0.2, 0.25) is 0 Å². The first-order valence-electron chi connectivity index (χ1n) is 8.44. The summed E-state index contributed by atoms with van der Waals surface area (Å²) in [5, 5.41) is 5.28. The lowest BCUT2D eigenvalue weighted by molar-refractivity contribution is -0.119. The normalized spacial score (nSPS) is 10.0. The number of amides is 2. The number of methoxy groups -OCH3 is 1. The van der Waals surface area contributed by atoms with Crippen molar-refractivity contribution < 1.29 is 23.9 Å². The second-order valence-electron chi connectivity index (χ2n) is 5.77. The fourth-order valence-electron chi connectivity index (χ4n) is 2.39. The largest absolute Gasteiger partial charge is 0.496 e. The number of esters is 1. The van der Waals surface area contributed by atoms with Crippen molar-refractivity contribution in [3.8, 4) is 5.75 Å². The number of anilines is 1. The van der Waals surface area contributed by atoms with Crippen molar-refractivity contribution in [2.45, 2.75) is 13.8 Å². The maximum atomic E-state index is 12.2. The summed E-state index contributed by atoms with van der Waals surface area (Å²) in [6, 6.07) is 11.6. The summed E-state index contributed by atoms with van der Waals surface area (Å²) in [5.74, 6) is -1.02. The molecule has 0 saturated heterocycles. The third-order valence-electron chi connectivity index (χ3n) is 3.66. The van der Waals surface area contributed by atoms with E-state index in [4.69, 9.17) is 9.47 Å². The van der Waals surface area contributed by atoms with Gasteiger partial charge in [-0.05, 0) is 44.2 Å². The van der Waals surface area contributed by atoms with Gasteiger partial charge < -0.3 is 20.1 Å². The Kier molecular flexibility index (Phi) is 6.93. The highest BCUT2D eigenvalue weighted by molar-refractivity contribution is 5.99. The summed E-state index contributed by atoms with van der Waals surface area (Å²) < 4.78 is 10.2. The van der Waals surface area contributed by atoms with E-state index in [1.54, 1.807) is 36.4 Å². The maximum absolute atomic E-state index is 12.2. The van der Waals surface area contributed by atoms with Gasteiger partial charge in [-0.2, -0.15) is 0 Å². The maximum Gasteiger partial charge on any atom is 0.342 e. The minimum Gasteiger partial charge on any atom is -0.496 e. The minimum absolute atomic E-state index is 0.230. The molecule has 0 spiro atoms. The van der Waals surface area contributed by atoms with Gasteiger partial charge in [0.15, 0.2) is 6.61 Å². The van der Waals surface area contributed by atoms with Gasteiger partial charge in [-0.25, -0.2) is 4.79 Å². The zero-order valence-electron chi connectivity index (χ0n) is 15.5. The quantitative estimate of drug-likeness (QED) is 0.731. The predicted molar refractivity (Wildman–Crippen MR) is 101 cm³/mol. The first kappa shape index (κ1) is 20.0. The van der Waals surface area contributed by atoms with Gasteiger partial charge in [-0.1, -0.05) is 17.7 Å². The molecule has 0 saturated carbocycles. The van der Waals surface area contributed by atoms with Gasteiger partial charge in [0.1, 0.15) is 11.3 Å². The van der Waals surface area contributed by atoms with E-state index in [1.807, 2.05) is 19.9 Å². The monoisotopic (exact) mass is 370 g/mol. The molecule has 0 atom stereocenters. The number of nitrogens with one attached hydrogen (secondary N) is 2. The molecule has 2 rings (SSSR count). The van der Waals surface area contributed by atoms with Crippen molar-refractivity contribution >= 4 is 23.5 Å². The van der Waals surface area contributed by atoms with E-state index in [2.05, 4.69) is 10.6 Å². The van der Waals surface area contributed by atoms with Gasteiger partial charge in [-0.3, -0.25) is 9.59 Å². The molecular formula is C20H22N2O5. The minimum atomic E-state index is -0.651. The Hall–Kier alpha value is -3.35. The highest BCUT2D eigenvalue weighted by Crippen LogP contribution is 2.20. The van der Waals surface area contributed by atoms with Gasteiger partial charge in [0.05, 0.1) is 7.11 Å². The van der Waals surface area contributed by atoms with Gasteiger partial charge in [-0.15, -0.1) is 0 Å². The number of carbonyl (C=O) groups is 3. The van der Waals surface area contributed by atoms with Crippen LogP contribution in [-0.2, 0) is 9.53 Å². The summed E-state index contributed by atoms with van der Waals surface area (Å²) in [4.78, 5) is 36.1. The third kappa shape index (κ3) is 5.57. The van der Waals surface area contributed by atoms with E-state index in [-0.39, 0.29) is 11.5 Å². The number of rotatable bonds is 7. The van der Waals surface area contributed by atoms with Crippen LogP contribution < -0.4 is 15.4 Å². The number of hydrogen-bond acceptors (Lipinski definition) is 5. The lowest BCUT2D eigenvalue weighted by Gasteiger charge is -2.10. The van der Waals surface area contributed by atoms with Gasteiger partial charge >= 0.3 is 5.97 Å². The second-order valence-corrected chi connectivity index (χ2v) is 5.77. The molecule has 0 aliphatic rings. The molecule has 7 heteroatoms. The van der Waals surface area contributed by atoms with Crippen LogP contribution in [0.25, 0.3) is 0 Å². The van der Waals surface area contributed by atoms with E-state index in [0.29, 0.717) is 23.5 Å². The van der Waals surface area contributed by atoms with Crippen molar-refractivity contribution in [1.82, 2.24) is 5.32 Å². The van der Waals surface area contributed by atoms with Crippen LogP contribution in [0.5, 0.6) is 5.75 Å². The van der Waals surface area contributed by atoms with E-state index in [9.17, 15) is 14.4 Å². The predicted octanol–water partition coefficient (Wildman–Crippen LogP) is 2.55. The van der Waals surface area contributed by atoms with E-state index >= 15 is 0 Å². The van der Waals surface area contributed by atoms with E-state index in [0.717, 1.165) is 5.56 Å². The zero-order valence-corrected chi connectivity index (χ0v) is 15.5. The van der Waals surface area contributed by atoms with Crippen molar-refractivity contribution in [3.05, 3.63) is 59.2 Å². The molecular weight excluding hydrogens is 348 g/mol. The van der Waals surface area contributed by atoms with Gasteiger partial charge in [0.2, 0.25) is 0 Å². The van der Waals surface area contributed by atoms with Gasteiger partial charge in [0.25, 0.3) is 11.8 Å². The molecule has 7 nitrogen and oxygen atoms in total. The Morgan fingerprint density at radius 1 is 1.07 bits per heavy atom. The standard InChI is InChI=1S/C20H22N2O5/c1-4-21-19(24)14-6-5-7-15(11-14)22-18(23)12-27-20(25)16-10-13(2)8-9-17(16)26-3/h5-11H,4,12H2,1-3H3,(H,21,24)(H,22,23). The molecule has 0 heterocycles. The van der Waals surface area contributed by atoms with Crippen molar-refractivity contribution in [1.29, 1.82) is 0 Å². The van der Waals surface area contributed by atoms with Crippen LogP contribution in [-0.4, -0.2) is 38.0 Å². The molecule has 0 aromatic heterocycles. The molecule has 142 valence electrons.